The largest absolute Gasteiger partial charge is 0.457 e. The minimum absolute atomic E-state index is 0.239. The van der Waals surface area contributed by atoms with E-state index in [0.29, 0.717) is 19.3 Å². The summed E-state index contributed by atoms with van der Waals surface area (Å²) < 4.78 is 16.8. The number of carbonyl (C=O) groups excluding carboxylic acids is 2. The van der Waals surface area contributed by atoms with E-state index < -0.39 is 80.1 Å². The molecule has 0 aliphatic carbocycles. The zero-order valence-electron chi connectivity index (χ0n) is 37.0. The van der Waals surface area contributed by atoms with Gasteiger partial charge in [0, 0.05) is 6.92 Å². The van der Waals surface area contributed by atoms with Crippen LogP contribution in [0.4, 0.5) is 0 Å². The van der Waals surface area contributed by atoms with E-state index in [9.17, 15) is 40.2 Å². The average Bonchev–Trinajstić information content (AvgIpc) is 3.21. The van der Waals surface area contributed by atoms with Crippen molar-refractivity contribution < 1.29 is 54.4 Å². The summed E-state index contributed by atoms with van der Waals surface area (Å²) in [5.74, 6) is -1.39. The van der Waals surface area contributed by atoms with Gasteiger partial charge < -0.3 is 50.2 Å². The molecule has 1 fully saturated rings. The molecule has 0 spiro atoms. The van der Waals surface area contributed by atoms with Gasteiger partial charge in [0.05, 0.1) is 25.4 Å². The van der Waals surface area contributed by atoms with Crippen molar-refractivity contribution in [1.82, 2.24) is 5.32 Å². The number of rotatable bonds is 39. The lowest BCUT2D eigenvalue weighted by molar-refractivity contribution is -0.303. The Hall–Kier alpha value is -1.38. The summed E-state index contributed by atoms with van der Waals surface area (Å²) in [6.07, 6.45) is 22.6. The molecule has 1 aliphatic rings. The molecular weight excluding hydrogens is 743 g/mol. The van der Waals surface area contributed by atoms with Crippen molar-refractivity contribution in [3.05, 3.63) is 0 Å². The highest BCUT2D eigenvalue weighted by Crippen LogP contribution is 2.24. The van der Waals surface area contributed by atoms with E-state index in [1.165, 1.54) is 135 Å². The fraction of sp³-hybridized carbons (Fsp3) is 0.957. The van der Waals surface area contributed by atoms with E-state index in [2.05, 4.69) is 19.2 Å². The lowest BCUT2D eigenvalue weighted by atomic mass is 9.98. The maximum atomic E-state index is 13.3. The van der Waals surface area contributed by atoms with Gasteiger partial charge in [-0.05, 0) is 12.8 Å². The predicted octanol–water partition coefficient (Wildman–Crippen LogP) is 7.68. The summed E-state index contributed by atoms with van der Waals surface area (Å²) in [4.78, 5) is 25.5. The normalized spacial score (nSPS) is 21.7. The zero-order chi connectivity index (χ0) is 42.8. The molecule has 12 nitrogen and oxygen atoms in total. The summed E-state index contributed by atoms with van der Waals surface area (Å²) in [5, 5.41) is 65.4. The Balaban J connectivity index is 2.61. The molecule has 0 aromatic rings. The molecule has 9 atom stereocenters. The smallest absolute Gasteiger partial charge is 0.303 e. The van der Waals surface area contributed by atoms with Crippen molar-refractivity contribution in [2.45, 2.75) is 268 Å². The molecule has 1 heterocycles. The second kappa shape index (κ2) is 36.3. The molecule has 1 saturated heterocycles. The summed E-state index contributed by atoms with van der Waals surface area (Å²) >= 11 is 0. The van der Waals surface area contributed by atoms with Gasteiger partial charge in [0.15, 0.2) is 6.29 Å². The standard InChI is InChI=1S/C46H89NO11/c1-4-6-8-10-12-14-16-17-18-19-20-21-22-23-25-26-28-30-32-38(50)44(57-36(3)49)37(35-56-46-43(54)42(53)41(52)40(34-48)58-46)47-45(55)39(51)33-31-29-27-24-15-13-11-9-7-5-2/h37-44,46,48,50-54H,4-35H2,1-3H3,(H,47,55). The quantitative estimate of drug-likeness (QED) is 0.0237. The molecule has 1 aliphatic heterocycles. The van der Waals surface area contributed by atoms with Crippen LogP contribution in [0.5, 0.6) is 0 Å². The molecule has 0 bridgehead atoms. The average molecular weight is 832 g/mol. The number of amides is 1. The Morgan fingerprint density at radius 2 is 0.983 bits per heavy atom. The molecule has 344 valence electrons. The van der Waals surface area contributed by atoms with Gasteiger partial charge in [-0.2, -0.15) is 0 Å². The summed E-state index contributed by atoms with van der Waals surface area (Å²) in [7, 11) is 0. The highest BCUT2D eigenvalue weighted by Gasteiger charge is 2.45. The third kappa shape index (κ3) is 26.1. The van der Waals surface area contributed by atoms with Crippen LogP contribution in [0.25, 0.3) is 0 Å². The first-order valence-electron chi connectivity index (χ1n) is 23.8. The second-order valence-corrected chi connectivity index (χ2v) is 17.1. The Kier molecular flexibility index (Phi) is 34.2. The van der Waals surface area contributed by atoms with Crippen LogP contribution in [0, 0.1) is 0 Å². The van der Waals surface area contributed by atoms with Crippen LogP contribution in [0.2, 0.25) is 0 Å². The third-order valence-corrected chi connectivity index (χ3v) is 11.7. The van der Waals surface area contributed by atoms with Crippen LogP contribution < -0.4 is 5.32 Å². The topological polar surface area (TPSA) is 195 Å². The van der Waals surface area contributed by atoms with Crippen LogP contribution >= 0.6 is 0 Å². The highest BCUT2D eigenvalue weighted by atomic mass is 16.7. The van der Waals surface area contributed by atoms with E-state index in [1.807, 2.05) is 0 Å². The van der Waals surface area contributed by atoms with Crippen LogP contribution in [0.15, 0.2) is 0 Å². The molecule has 9 unspecified atom stereocenters. The molecule has 58 heavy (non-hydrogen) atoms. The monoisotopic (exact) mass is 832 g/mol. The predicted molar refractivity (Wildman–Crippen MR) is 229 cm³/mol. The van der Waals surface area contributed by atoms with E-state index in [4.69, 9.17) is 14.2 Å². The molecule has 0 aromatic carbocycles. The Bertz CT molecular complexity index is 972. The lowest BCUT2D eigenvalue weighted by Crippen LogP contribution is -2.60. The van der Waals surface area contributed by atoms with E-state index >= 15 is 0 Å². The Morgan fingerprint density at radius 1 is 0.586 bits per heavy atom. The van der Waals surface area contributed by atoms with Crippen molar-refractivity contribution >= 4 is 11.9 Å². The minimum Gasteiger partial charge on any atom is -0.457 e. The van der Waals surface area contributed by atoms with Crippen molar-refractivity contribution in [3.8, 4) is 0 Å². The number of hydrogen-bond donors (Lipinski definition) is 7. The maximum Gasteiger partial charge on any atom is 0.303 e. The van der Waals surface area contributed by atoms with Gasteiger partial charge in [-0.15, -0.1) is 0 Å². The van der Waals surface area contributed by atoms with Crippen LogP contribution in [-0.4, -0.2) is 111 Å². The molecule has 1 rings (SSSR count). The van der Waals surface area contributed by atoms with Crippen LogP contribution in [0.3, 0.4) is 0 Å². The number of aliphatic hydroxyl groups is 6. The Labute approximate surface area is 352 Å². The van der Waals surface area contributed by atoms with Gasteiger partial charge in [0.2, 0.25) is 5.91 Å². The molecule has 12 heteroatoms. The van der Waals surface area contributed by atoms with Crippen molar-refractivity contribution in [2.75, 3.05) is 13.2 Å². The Morgan fingerprint density at radius 3 is 1.38 bits per heavy atom. The molecule has 0 aromatic heterocycles. The first-order chi connectivity index (χ1) is 28.1. The number of nitrogens with one attached hydrogen (secondary N) is 1. The third-order valence-electron chi connectivity index (χ3n) is 11.7. The van der Waals surface area contributed by atoms with E-state index in [1.54, 1.807) is 0 Å². The van der Waals surface area contributed by atoms with E-state index in [0.717, 1.165) is 38.5 Å². The molecular formula is C46H89NO11. The van der Waals surface area contributed by atoms with Crippen molar-refractivity contribution in [3.63, 3.8) is 0 Å². The highest BCUT2D eigenvalue weighted by molar-refractivity contribution is 5.80. The maximum absolute atomic E-state index is 13.3. The van der Waals surface area contributed by atoms with Crippen LogP contribution in [-0.2, 0) is 23.8 Å². The van der Waals surface area contributed by atoms with Gasteiger partial charge in [-0.25, -0.2) is 0 Å². The van der Waals surface area contributed by atoms with E-state index in [-0.39, 0.29) is 6.42 Å². The molecule has 1 amide bonds. The first-order valence-corrected chi connectivity index (χ1v) is 23.8. The van der Waals surface area contributed by atoms with Crippen molar-refractivity contribution in [2.24, 2.45) is 0 Å². The number of unbranched alkanes of at least 4 members (excludes halogenated alkanes) is 26. The number of hydrogen-bond acceptors (Lipinski definition) is 11. The van der Waals surface area contributed by atoms with Gasteiger partial charge >= 0.3 is 5.97 Å². The zero-order valence-corrected chi connectivity index (χ0v) is 37.0. The minimum atomic E-state index is -1.69. The molecule has 7 N–H and O–H groups in total. The SMILES string of the molecule is CCCCCCCCCCCCCCCCCCCCC(O)C(OC(C)=O)C(COC1OC(CO)C(O)C(O)C1O)NC(=O)C(O)CCCCCCCCCCCC. The number of carbonyl (C=O) groups is 2. The first kappa shape index (κ1) is 54.6. The number of esters is 1. The van der Waals surface area contributed by atoms with Gasteiger partial charge in [0.1, 0.15) is 36.6 Å². The second-order valence-electron chi connectivity index (χ2n) is 17.1. The fourth-order valence-corrected chi connectivity index (χ4v) is 7.90. The van der Waals surface area contributed by atoms with Gasteiger partial charge in [-0.1, -0.05) is 194 Å². The summed E-state index contributed by atoms with van der Waals surface area (Å²) in [6, 6.07) is -1.16. The van der Waals surface area contributed by atoms with Crippen molar-refractivity contribution in [1.29, 1.82) is 0 Å². The number of aliphatic hydroxyl groups excluding tert-OH is 6. The molecule has 0 radical (unpaired) electrons. The fourth-order valence-electron chi connectivity index (χ4n) is 7.90. The summed E-state index contributed by atoms with van der Waals surface area (Å²) in [5.41, 5.74) is 0. The lowest BCUT2D eigenvalue weighted by Gasteiger charge is -2.40. The van der Waals surface area contributed by atoms with Gasteiger partial charge in [-0.3, -0.25) is 9.59 Å². The van der Waals surface area contributed by atoms with Gasteiger partial charge in [0.25, 0.3) is 0 Å². The number of ether oxygens (including phenoxy) is 3. The molecule has 0 saturated carbocycles. The summed E-state index contributed by atoms with van der Waals surface area (Å²) in [6.45, 7) is 4.58. The van der Waals surface area contributed by atoms with Crippen LogP contribution in [0.1, 0.15) is 213 Å².